The van der Waals surface area contributed by atoms with Gasteiger partial charge in [-0.2, -0.15) is 0 Å². The summed E-state index contributed by atoms with van der Waals surface area (Å²) >= 11 is 13.3. The molecule has 0 saturated carbocycles. The lowest BCUT2D eigenvalue weighted by molar-refractivity contribution is 0.0276. The Morgan fingerprint density at radius 3 is 2.95 bits per heavy atom. The van der Waals surface area contributed by atoms with Gasteiger partial charge >= 0.3 is 0 Å². The first-order valence-electron chi connectivity index (χ1n) is 6.08. The molecule has 0 bridgehead atoms. The van der Waals surface area contributed by atoms with Crippen LogP contribution in [0.25, 0.3) is 11.3 Å². The predicted octanol–water partition coefficient (Wildman–Crippen LogP) is 3.92. The molecule has 1 aliphatic heterocycles. The number of nitrogens with one attached hydrogen (secondary N) is 1. The van der Waals surface area contributed by atoms with E-state index in [1.165, 1.54) is 23.5 Å². The molecule has 2 heterocycles. The van der Waals surface area contributed by atoms with Gasteiger partial charge in [0.1, 0.15) is 16.9 Å². The molecule has 2 aromatic rings. The van der Waals surface area contributed by atoms with E-state index in [0.717, 1.165) is 18.1 Å². The lowest BCUT2D eigenvalue weighted by atomic mass is 10.1. The Morgan fingerprint density at radius 2 is 2.20 bits per heavy atom. The Labute approximate surface area is 129 Å². The summed E-state index contributed by atoms with van der Waals surface area (Å²) in [7, 11) is 0. The highest BCUT2D eigenvalue weighted by molar-refractivity contribution is 7.10. The summed E-state index contributed by atoms with van der Waals surface area (Å²) in [5, 5.41) is 6.35. The summed E-state index contributed by atoms with van der Waals surface area (Å²) in [5.74, 6) is -0.504. The van der Waals surface area contributed by atoms with Gasteiger partial charge in [0.2, 0.25) is 0 Å². The first kappa shape index (κ1) is 14.2. The van der Waals surface area contributed by atoms with Crippen molar-refractivity contribution in [2.75, 3.05) is 19.7 Å². The zero-order valence-corrected chi connectivity index (χ0v) is 12.7. The molecular weight excluding hydrogens is 322 g/mol. The predicted molar refractivity (Wildman–Crippen MR) is 79.1 cm³/mol. The Balaban J connectivity index is 1.91. The van der Waals surface area contributed by atoms with E-state index < -0.39 is 5.82 Å². The summed E-state index contributed by atoms with van der Waals surface area (Å²) in [6, 6.07) is 2.70. The standard InChI is InChI=1S/C13H11Cl2FN2OS/c14-8-4-9(15)10(16)3-7(8)11-6-20-13(18-11)12-5-17-1-2-19-12/h3-4,6,12,17H,1-2,5H2. The zero-order valence-electron chi connectivity index (χ0n) is 10.3. The molecule has 1 fully saturated rings. The Kier molecular flexibility index (Phi) is 4.23. The summed E-state index contributed by atoms with van der Waals surface area (Å²) in [4.78, 5) is 4.50. The van der Waals surface area contributed by atoms with Gasteiger partial charge in [-0.25, -0.2) is 9.37 Å². The number of aromatic nitrogens is 1. The summed E-state index contributed by atoms with van der Waals surface area (Å²) in [6.45, 7) is 2.24. The van der Waals surface area contributed by atoms with Crippen LogP contribution in [-0.2, 0) is 4.74 Å². The first-order chi connectivity index (χ1) is 9.65. The molecule has 7 heteroatoms. The van der Waals surface area contributed by atoms with E-state index in [9.17, 15) is 4.39 Å². The maximum absolute atomic E-state index is 13.6. The maximum atomic E-state index is 13.6. The van der Waals surface area contributed by atoms with Gasteiger partial charge in [0.25, 0.3) is 0 Å². The van der Waals surface area contributed by atoms with Gasteiger partial charge in [-0.3, -0.25) is 0 Å². The number of morpholine rings is 1. The summed E-state index contributed by atoms with van der Waals surface area (Å²) < 4.78 is 19.2. The number of hydrogen-bond acceptors (Lipinski definition) is 4. The van der Waals surface area contributed by atoms with Crippen LogP contribution in [0.3, 0.4) is 0 Å². The molecule has 106 valence electrons. The van der Waals surface area contributed by atoms with Crippen molar-refractivity contribution in [1.29, 1.82) is 0 Å². The topological polar surface area (TPSA) is 34.1 Å². The summed E-state index contributed by atoms with van der Waals surface area (Å²) in [5.41, 5.74) is 1.18. The minimum absolute atomic E-state index is 0.00835. The normalized spacial score (nSPS) is 19.2. The quantitative estimate of drug-likeness (QED) is 0.846. The zero-order chi connectivity index (χ0) is 14.1. The van der Waals surface area contributed by atoms with Crippen molar-refractivity contribution in [2.45, 2.75) is 6.10 Å². The second-order valence-electron chi connectivity index (χ2n) is 4.38. The molecular formula is C13H11Cl2FN2OS. The van der Waals surface area contributed by atoms with E-state index >= 15 is 0 Å². The Bertz CT molecular complexity index is 629. The van der Waals surface area contributed by atoms with E-state index in [-0.39, 0.29) is 11.1 Å². The third kappa shape index (κ3) is 2.82. The molecule has 1 unspecified atom stereocenters. The van der Waals surface area contributed by atoms with Crippen LogP contribution < -0.4 is 5.32 Å². The monoisotopic (exact) mass is 332 g/mol. The van der Waals surface area contributed by atoms with Gasteiger partial charge in [0, 0.05) is 24.0 Å². The van der Waals surface area contributed by atoms with Crippen molar-refractivity contribution in [3.05, 3.63) is 38.4 Å². The lowest BCUT2D eigenvalue weighted by Gasteiger charge is -2.21. The van der Waals surface area contributed by atoms with Crippen LogP contribution in [0.15, 0.2) is 17.5 Å². The van der Waals surface area contributed by atoms with Crippen molar-refractivity contribution in [2.24, 2.45) is 0 Å². The highest BCUT2D eigenvalue weighted by Gasteiger charge is 2.20. The molecule has 1 aromatic heterocycles. The Hall–Kier alpha value is -0.720. The number of ether oxygens (including phenoxy) is 1. The van der Waals surface area contributed by atoms with Crippen molar-refractivity contribution < 1.29 is 9.13 Å². The van der Waals surface area contributed by atoms with Crippen LogP contribution in [0.4, 0.5) is 4.39 Å². The average molecular weight is 333 g/mol. The second-order valence-corrected chi connectivity index (χ2v) is 6.08. The fourth-order valence-electron chi connectivity index (χ4n) is 2.00. The molecule has 1 aliphatic rings. The smallest absolute Gasteiger partial charge is 0.142 e. The molecule has 0 spiro atoms. The fourth-order valence-corrected chi connectivity index (χ4v) is 3.35. The molecule has 3 nitrogen and oxygen atoms in total. The van der Waals surface area contributed by atoms with E-state index in [1.807, 2.05) is 5.38 Å². The van der Waals surface area contributed by atoms with Crippen LogP contribution >= 0.6 is 34.5 Å². The average Bonchev–Trinajstić information content (AvgIpc) is 2.93. The van der Waals surface area contributed by atoms with E-state index in [0.29, 0.717) is 22.9 Å². The van der Waals surface area contributed by atoms with E-state index in [4.69, 9.17) is 27.9 Å². The van der Waals surface area contributed by atoms with Crippen molar-refractivity contribution in [3.8, 4) is 11.3 Å². The van der Waals surface area contributed by atoms with Gasteiger partial charge in [-0.05, 0) is 12.1 Å². The minimum atomic E-state index is -0.504. The molecule has 0 radical (unpaired) electrons. The molecule has 1 saturated heterocycles. The molecule has 3 rings (SSSR count). The van der Waals surface area contributed by atoms with Crippen LogP contribution in [0.1, 0.15) is 11.1 Å². The van der Waals surface area contributed by atoms with Crippen molar-refractivity contribution >= 4 is 34.5 Å². The highest BCUT2D eigenvalue weighted by atomic mass is 35.5. The number of thiazole rings is 1. The third-order valence-corrected chi connectivity index (χ3v) is 4.55. The highest BCUT2D eigenvalue weighted by Crippen LogP contribution is 2.34. The molecule has 1 aromatic carbocycles. The molecule has 0 amide bonds. The first-order valence-corrected chi connectivity index (χ1v) is 7.71. The van der Waals surface area contributed by atoms with Crippen LogP contribution in [0.5, 0.6) is 0 Å². The van der Waals surface area contributed by atoms with Crippen LogP contribution in [0.2, 0.25) is 10.0 Å². The van der Waals surface area contributed by atoms with Gasteiger partial charge in [-0.15, -0.1) is 11.3 Å². The third-order valence-electron chi connectivity index (χ3n) is 3.01. The van der Waals surface area contributed by atoms with Gasteiger partial charge in [0.15, 0.2) is 0 Å². The molecule has 1 N–H and O–H groups in total. The second kappa shape index (κ2) is 5.95. The number of halogens is 3. The van der Waals surface area contributed by atoms with E-state index in [1.54, 1.807) is 0 Å². The largest absolute Gasteiger partial charge is 0.368 e. The lowest BCUT2D eigenvalue weighted by Crippen LogP contribution is -2.33. The van der Waals surface area contributed by atoms with Crippen molar-refractivity contribution in [1.82, 2.24) is 10.3 Å². The van der Waals surface area contributed by atoms with Gasteiger partial charge in [-0.1, -0.05) is 23.2 Å². The molecule has 1 atom stereocenters. The number of nitrogens with zero attached hydrogens (tertiary/aromatic N) is 1. The summed E-state index contributed by atoms with van der Waals surface area (Å²) in [6.07, 6.45) is -0.0570. The van der Waals surface area contributed by atoms with Gasteiger partial charge in [0.05, 0.1) is 22.3 Å². The van der Waals surface area contributed by atoms with E-state index in [2.05, 4.69) is 10.3 Å². The van der Waals surface area contributed by atoms with Crippen molar-refractivity contribution in [3.63, 3.8) is 0 Å². The van der Waals surface area contributed by atoms with Gasteiger partial charge < -0.3 is 10.1 Å². The van der Waals surface area contributed by atoms with Crippen LogP contribution in [0, 0.1) is 5.82 Å². The number of hydrogen-bond donors (Lipinski definition) is 1. The fraction of sp³-hybridized carbons (Fsp3) is 0.308. The molecule has 0 aliphatic carbocycles. The number of benzene rings is 1. The maximum Gasteiger partial charge on any atom is 0.142 e. The Morgan fingerprint density at radius 1 is 1.35 bits per heavy atom. The SMILES string of the molecule is Fc1cc(-c2csc(C3CNCCO3)n2)c(Cl)cc1Cl. The minimum Gasteiger partial charge on any atom is -0.368 e. The number of rotatable bonds is 2. The van der Waals surface area contributed by atoms with Crippen LogP contribution in [-0.4, -0.2) is 24.7 Å². The molecule has 20 heavy (non-hydrogen) atoms.